The zero-order chi connectivity index (χ0) is 29.5. The molecule has 5 nitrogen and oxygen atoms in total. The number of nitrogens with zero attached hydrogens (tertiary/aromatic N) is 3. The van der Waals surface area contributed by atoms with Gasteiger partial charge in [-0.2, -0.15) is 13.2 Å². The van der Waals surface area contributed by atoms with Crippen LogP contribution in [-0.4, -0.2) is 36.0 Å². The van der Waals surface area contributed by atoms with Gasteiger partial charge in [-0.15, -0.1) is 11.8 Å². The summed E-state index contributed by atoms with van der Waals surface area (Å²) in [6.07, 6.45) is -1.92. The third-order valence-electron chi connectivity index (χ3n) is 7.33. The zero-order valence-electron chi connectivity index (χ0n) is 22.4. The van der Waals surface area contributed by atoms with E-state index in [2.05, 4.69) is 4.98 Å². The molecule has 0 aliphatic carbocycles. The van der Waals surface area contributed by atoms with Crippen molar-refractivity contribution in [1.82, 2.24) is 9.55 Å². The molecule has 0 N–H and O–H groups in total. The fourth-order valence-electron chi connectivity index (χ4n) is 5.29. The number of halogens is 5. The normalized spacial score (nSPS) is 14.7. The van der Waals surface area contributed by atoms with Crippen molar-refractivity contribution in [1.29, 1.82) is 0 Å². The van der Waals surface area contributed by atoms with E-state index in [1.165, 1.54) is 41.6 Å². The van der Waals surface area contributed by atoms with Crippen LogP contribution in [0.5, 0.6) is 5.75 Å². The molecule has 214 valence electrons. The van der Waals surface area contributed by atoms with Gasteiger partial charge in [0.05, 0.1) is 29.3 Å². The summed E-state index contributed by atoms with van der Waals surface area (Å²) in [5, 5.41) is 0.448. The lowest BCUT2D eigenvalue weighted by molar-refractivity contribution is -0.138. The minimum absolute atomic E-state index is 0.00381. The molecule has 2 aromatic heterocycles. The first-order valence-corrected chi connectivity index (χ1v) is 13.7. The zero-order valence-corrected chi connectivity index (χ0v) is 23.2. The van der Waals surface area contributed by atoms with Gasteiger partial charge in [0.25, 0.3) is 5.56 Å². The van der Waals surface area contributed by atoms with Gasteiger partial charge in [-0.05, 0) is 48.4 Å². The van der Waals surface area contributed by atoms with Crippen LogP contribution in [0.2, 0.25) is 0 Å². The fourth-order valence-corrected chi connectivity index (χ4v) is 6.67. The van der Waals surface area contributed by atoms with Crippen LogP contribution < -0.4 is 15.2 Å². The highest BCUT2D eigenvalue weighted by atomic mass is 32.2. The van der Waals surface area contributed by atoms with Gasteiger partial charge in [-0.1, -0.05) is 18.2 Å². The van der Waals surface area contributed by atoms with Crippen molar-refractivity contribution in [3.05, 3.63) is 105 Å². The Morgan fingerprint density at radius 1 is 1.07 bits per heavy atom. The van der Waals surface area contributed by atoms with E-state index in [0.717, 1.165) is 23.9 Å². The highest BCUT2D eigenvalue weighted by Gasteiger charge is 2.37. The predicted octanol–water partition coefficient (Wildman–Crippen LogP) is 6.90. The van der Waals surface area contributed by atoms with Crippen LogP contribution in [-0.2, 0) is 12.6 Å². The molecule has 11 heteroatoms. The number of rotatable bonds is 7. The fraction of sp³-hybridized carbons (Fsp3) is 0.267. The van der Waals surface area contributed by atoms with Crippen molar-refractivity contribution in [2.24, 2.45) is 0 Å². The van der Waals surface area contributed by atoms with E-state index in [4.69, 9.17) is 4.74 Å². The minimum Gasteiger partial charge on any atom is -0.494 e. The molecule has 4 aromatic rings. The van der Waals surface area contributed by atoms with Gasteiger partial charge < -0.3 is 9.64 Å². The maximum absolute atomic E-state index is 15.5. The van der Waals surface area contributed by atoms with Crippen LogP contribution in [0.4, 0.5) is 27.6 Å². The van der Waals surface area contributed by atoms with Crippen LogP contribution in [0.3, 0.4) is 0 Å². The van der Waals surface area contributed by atoms with E-state index in [9.17, 15) is 22.4 Å². The Morgan fingerprint density at radius 3 is 2.46 bits per heavy atom. The Balaban J connectivity index is 1.72. The van der Waals surface area contributed by atoms with E-state index in [-0.39, 0.29) is 16.9 Å². The molecular weight excluding hydrogens is 561 g/mol. The summed E-state index contributed by atoms with van der Waals surface area (Å²) in [6, 6.07) is 10.5. The maximum atomic E-state index is 15.5. The lowest BCUT2D eigenvalue weighted by Gasteiger charge is -2.26. The molecule has 0 saturated carbocycles. The molecule has 5 rings (SSSR count). The number of thioether (sulfide) groups is 1. The highest BCUT2D eigenvalue weighted by Crippen LogP contribution is 2.42. The van der Waals surface area contributed by atoms with E-state index in [0.29, 0.717) is 28.5 Å². The third kappa shape index (κ3) is 5.30. The topological polar surface area (TPSA) is 47.4 Å². The van der Waals surface area contributed by atoms with Crippen LogP contribution in [0.15, 0.2) is 70.7 Å². The number of ether oxygens (including phenoxy) is 1. The third-order valence-corrected chi connectivity index (χ3v) is 8.60. The van der Waals surface area contributed by atoms with Crippen LogP contribution in [0.25, 0.3) is 11.1 Å². The highest BCUT2D eigenvalue weighted by molar-refractivity contribution is 7.99. The standard InChI is InChI=1S/C30H26F5N3O2S/c1-17-21(14-22-23(30(33,34)35)7-5-8-24(22)31)29-38(19(16-41-29)15-37(2)18-10-12-36-13-11-18)28(39)26(17)20-6-4-9-25(40-3)27(20)32/h4-13,19H,14-16H2,1-3H3. The van der Waals surface area contributed by atoms with E-state index in [1.807, 2.05) is 24.1 Å². The molecular formula is C30H26F5N3O2S. The van der Waals surface area contributed by atoms with Crippen LogP contribution in [0.1, 0.15) is 28.3 Å². The SMILES string of the molecule is COc1cccc(-c2c(C)c(Cc3c(F)cccc3C(F)(F)F)c3n(c2=O)C(CN(C)c2ccncc2)CS3)c1F. The molecule has 41 heavy (non-hydrogen) atoms. The smallest absolute Gasteiger partial charge is 0.416 e. The molecule has 0 amide bonds. The Morgan fingerprint density at radius 2 is 1.78 bits per heavy atom. The number of fused-ring (bicyclic) bond motifs is 1. The van der Waals surface area contributed by atoms with Gasteiger partial charge in [0.15, 0.2) is 11.6 Å². The van der Waals surface area contributed by atoms with E-state index < -0.39 is 47.0 Å². The average Bonchev–Trinajstić information content (AvgIpc) is 3.36. The lowest BCUT2D eigenvalue weighted by Crippen LogP contribution is -2.34. The van der Waals surface area contributed by atoms with Crippen LogP contribution >= 0.6 is 11.8 Å². The van der Waals surface area contributed by atoms with Crippen molar-refractivity contribution in [2.75, 3.05) is 31.4 Å². The first kappa shape index (κ1) is 28.7. The molecule has 0 radical (unpaired) electrons. The molecule has 0 bridgehead atoms. The Bertz CT molecular complexity index is 1660. The Kier molecular flexibility index (Phi) is 7.83. The van der Waals surface area contributed by atoms with E-state index in [1.54, 1.807) is 19.3 Å². The summed E-state index contributed by atoms with van der Waals surface area (Å²) >= 11 is 1.32. The number of hydrogen-bond donors (Lipinski definition) is 0. The number of benzene rings is 2. The van der Waals surface area contributed by atoms with Gasteiger partial charge in [0.2, 0.25) is 0 Å². The summed E-state index contributed by atoms with van der Waals surface area (Å²) < 4.78 is 78.9. The van der Waals surface area contributed by atoms with Gasteiger partial charge >= 0.3 is 6.18 Å². The van der Waals surface area contributed by atoms with E-state index >= 15 is 4.39 Å². The summed E-state index contributed by atoms with van der Waals surface area (Å²) in [5.74, 6) is -1.40. The number of alkyl halides is 3. The minimum atomic E-state index is -4.79. The number of aromatic nitrogens is 2. The molecule has 1 aliphatic rings. The van der Waals surface area contributed by atoms with Gasteiger partial charge in [-0.3, -0.25) is 14.3 Å². The second kappa shape index (κ2) is 11.2. The van der Waals surface area contributed by atoms with Crippen LogP contribution in [0, 0.1) is 18.6 Å². The second-order valence-corrected chi connectivity index (χ2v) is 10.8. The number of pyridine rings is 2. The number of methoxy groups -OCH3 is 1. The second-order valence-electron chi connectivity index (χ2n) is 9.77. The van der Waals surface area contributed by atoms with Crippen molar-refractivity contribution in [3.63, 3.8) is 0 Å². The molecule has 1 atom stereocenters. The summed E-state index contributed by atoms with van der Waals surface area (Å²) in [4.78, 5) is 20.1. The Labute approximate surface area is 237 Å². The summed E-state index contributed by atoms with van der Waals surface area (Å²) in [6.45, 7) is 1.96. The Hall–Kier alpha value is -3.86. The lowest BCUT2D eigenvalue weighted by atomic mass is 9.92. The van der Waals surface area contributed by atoms with Gasteiger partial charge in [0, 0.05) is 55.0 Å². The quantitative estimate of drug-likeness (QED) is 0.220. The molecule has 0 saturated heterocycles. The largest absolute Gasteiger partial charge is 0.494 e. The maximum Gasteiger partial charge on any atom is 0.416 e. The number of hydrogen-bond acceptors (Lipinski definition) is 5. The number of anilines is 1. The molecule has 0 spiro atoms. The summed E-state index contributed by atoms with van der Waals surface area (Å²) in [7, 11) is 3.16. The van der Waals surface area contributed by atoms with Crippen molar-refractivity contribution in [3.8, 4) is 16.9 Å². The number of likely N-dealkylation sites (N-methyl/N-ethyl adjacent to an activating group) is 1. The predicted molar refractivity (Wildman–Crippen MR) is 149 cm³/mol. The van der Waals surface area contributed by atoms with Gasteiger partial charge in [-0.25, -0.2) is 8.78 Å². The molecule has 3 heterocycles. The van der Waals surface area contributed by atoms with Crippen molar-refractivity contribution >= 4 is 17.4 Å². The molecule has 1 aliphatic heterocycles. The molecule has 0 fully saturated rings. The monoisotopic (exact) mass is 587 g/mol. The van der Waals surface area contributed by atoms with Crippen molar-refractivity contribution < 1.29 is 26.7 Å². The molecule has 1 unspecified atom stereocenters. The van der Waals surface area contributed by atoms with Gasteiger partial charge in [0.1, 0.15) is 5.82 Å². The molecule has 2 aromatic carbocycles. The first-order chi connectivity index (χ1) is 19.5. The average molecular weight is 588 g/mol. The summed E-state index contributed by atoms with van der Waals surface area (Å²) in [5.41, 5.74) is -0.630. The van der Waals surface area contributed by atoms with Crippen molar-refractivity contribution in [2.45, 2.75) is 30.6 Å². The first-order valence-electron chi connectivity index (χ1n) is 12.7.